The average molecular weight is 414 g/mol. The minimum atomic E-state index is -0.675. The number of ether oxygens (including phenoxy) is 1. The van der Waals surface area contributed by atoms with E-state index in [4.69, 9.17) is 4.74 Å². The van der Waals surface area contributed by atoms with Crippen LogP contribution in [0.2, 0.25) is 0 Å². The molecule has 2 aliphatic rings. The van der Waals surface area contributed by atoms with Crippen LogP contribution in [-0.2, 0) is 26.2 Å². The van der Waals surface area contributed by atoms with E-state index < -0.39 is 6.04 Å². The van der Waals surface area contributed by atoms with Crippen LogP contribution in [0.1, 0.15) is 31.7 Å². The largest absolute Gasteiger partial charge is 0.469 e. The summed E-state index contributed by atoms with van der Waals surface area (Å²) in [6, 6.07) is 5.08. The van der Waals surface area contributed by atoms with Crippen LogP contribution >= 0.6 is 0 Å². The van der Waals surface area contributed by atoms with E-state index in [0.717, 1.165) is 42.0 Å². The molecule has 4 rings (SSSR count). The number of nitrogens with zero attached hydrogens (tertiary/aromatic N) is 4. The van der Waals surface area contributed by atoms with Gasteiger partial charge in [-0.25, -0.2) is 4.79 Å². The fraction of sp³-hybridized carbons (Fsp3) is 0.524. The van der Waals surface area contributed by atoms with Crippen molar-refractivity contribution in [3.05, 3.63) is 28.7 Å². The van der Waals surface area contributed by atoms with E-state index in [1.54, 1.807) is 11.6 Å². The monoisotopic (exact) mass is 414 g/mol. The van der Waals surface area contributed by atoms with Crippen molar-refractivity contribution >= 4 is 34.5 Å². The number of imide groups is 1. The van der Waals surface area contributed by atoms with Crippen molar-refractivity contribution < 1.29 is 19.1 Å². The Morgan fingerprint density at radius 3 is 2.40 bits per heavy atom. The van der Waals surface area contributed by atoms with Gasteiger partial charge in [-0.2, -0.15) is 0 Å². The highest BCUT2D eigenvalue weighted by Gasteiger charge is 2.35. The summed E-state index contributed by atoms with van der Waals surface area (Å²) in [7, 11) is 4.57. The van der Waals surface area contributed by atoms with Gasteiger partial charge in [-0.1, -0.05) is 0 Å². The molecule has 0 radical (unpaired) electrons. The van der Waals surface area contributed by atoms with E-state index in [9.17, 15) is 19.2 Å². The highest BCUT2D eigenvalue weighted by molar-refractivity contribution is 6.00. The molecule has 2 aliphatic heterocycles. The lowest BCUT2D eigenvalue weighted by Crippen LogP contribution is -2.45. The predicted octanol–water partition coefficient (Wildman–Crippen LogP) is 1.05. The molecular weight excluding hydrogens is 388 g/mol. The molecule has 9 heteroatoms. The first-order chi connectivity index (χ1) is 14.3. The number of amides is 2. The van der Waals surface area contributed by atoms with E-state index in [1.165, 1.54) is 18.7 Å². The number of fused-ring (bicyclic) bond motifs is 1. The molecular formula is C21H26N4O5. The maximum atomic E-state index is 13.0. The Morgan fingerprint density at radius 1 is 1.03 bits per heavy atom. The Hall–Kier alpha value is -3.10. The Kier molecular flexibility index (Phi) is 5.13. The molecule has 0 aliphatic carbocycles. The number of carbonyl (C=O) groups is 3. The van der Waals surface area contributed by atoms with Crippen molar-refractivity contribution in [3.63, 3.8) is 0 Å². The molecule has 160 valence electrons. The number of anilines is 1. The van der Waals surface area contributed by atoms with E-state index in [0.29, 0.717) is 11.9 Å². The number of aromatic nitrogens is 2. The highest BCUT2D eigenvalue weighted by Crippen LogP contribution is 2.30. The van der Waals surface area contributed by atoms with Crippen LogP contribution in [0.3, 0.4) is 0 Å². The Labute approximate surface area is 173 Å². The number of hydrogen-bond acceptors (Lipinski definition) is 6. The minimum Gasteiger partial charge on any atom is -0.469 e. The number of methoxy groups -OCH3 is 1. The molecule has 1 aromatic heterocycles. The van der Waals surface area contributed by atoms with E-state index in [2.05, 4.69) is 4.90 Å². The first kappa shape index (κ1) is 20.2. The van der Waals surface area contributed by atoms with Crippen molar-refractivity contribution in [2.45, 2.75) is 31.7 Å². The normalized spacial score (nSPS) is 20.8. The van der Waals surface area contributed by atoms with Gasteiger partial charge in [0, 0.05) is 39.3 Å². The summed E-state index contributed by atoms with van der Waals surface area (Å²) >= 11 is 0. The first-order valence-corrected chi connectivity index (χ1v) is 10.2. The number of benzene rings is 1. The molecule has 9 nitrogen and oxygen atoms in total. The SMILES string of the molecule is COC(=O)C1CCN(c2ccc3c(c2)n(C)c(=O)n3C2CCC(=O)N(C)C2=O)CC1. The van der Waals surface area contributed by atoms with Crippen molar-refractivity contribution in [1.29, 1.82) is 0 Å². The van der Waals surface area contributed by atoms with Crippen LogP contribution in [0.5, 0.6) is 0 Å². The summed E-state index contributed by atoms with van der Waals surface area (Å²) in [6.45, 7) is 1.46. The summed E-state index contributed by atoms with van der Waals surface area (Å²) < 4.78 is 7.90. The zero-order valence-corrected chi connectivity index (χ0v) is 17.5. The molecule has 2 amide bonds. The van der Waals surface area contributed by atoms with Gasteiger partial charge in [-0.15, -0.1) is 0 Å². The molecule has 0 spiro atoms. The second kappa shape index (κ2) is 7.62. The van der Waals surface area contributed by atoms with Gasteiger partial charge in [-0.05, 0) is 37.5 Å². The van der Waals surface area contributed by atoms with Gasteiger partial charge in [0.2, 0.25) is 5.91 Å². The molecule has 30 heavy (non-hydrogen) atoms. The molecule has 1 atom stereocenters. The molecule has 0 saturated carbocycles. The topological polar surface area (TPSA) is 93.8 Å². The molecule has 2 aromatic rings. The second-order valence-electron chi connectivity index (χ2n) is 8.01. The summed E-state index contributed by atoms with van der Waals surface area (Å²) in [4.78, 5) is 52.5. The van der Waals surface area contributed by atoms with Gasteiger partial charge in [0.25, 0.3) is 5.91 Å². The predicted molar refractivity (Wildman–Crippen MR) is 110 cm³/mol. The molecule has 2 saturated heterocycles. The molecule has 2 fully saturated rings. The van der Waals surface area contributed by atoms with Crippen molar-refractivity contribution in [2.24, 2.45) is 13.0 Å². The van der Waals surface area contributed by atoms with Crippen molar-refractivity contribution in [1.82, 2.24) is 14.0 Å². The Bertz CT molecular complexity index is 1080. The van der Waals surface area contributed by atoms with Gasteiger partial charge < -0.3 is 9.64 Å². The number of likely N-dealkylation sites (N-methyl/N-ethyl adjacent to an activating group) is 1. The van der Waals surface area contributed by atoms with E-state index in [-0.39, 0.29) is 35.8 Å². The highest BCUT2D eigenvalue weighted by atomic mass is 16.5. The van der Waals surface area contributed by atoms with Crippen LogP contribution in [0.4, 0.5) is 5.69 Å². The van der Waals surface area contributed by atoms with Crippen LogP contribution in [0.15, 0.2) is 23.0 Å². The number of likely N-dealkylation sites (tertiary alicyclic amines) is 1. The first-order valence-electron chi connectivity index (χ1n) is 10.2. The lowest BCUT2D eigenvalue weighted by atomic mass is 9.96. The number of aryl methyl sites for hydroxylation is 1. The number of piperidine rings is 2. The number of esters is 1. The number of imidazole rings is 1. The van der Waals surface area contributed by atoms with Gasteiger partial charge >= 0.3 is 11.7 Å². The molecule has 0 bridgehead atoms. The Balaban J connectivity index is 1.65. The lowest BCUT2D eigenvalue weighted by Gasteiger charge is -2.32. The number of carbonyl (C=O) groups excluding carboxylic acids is 3. The minimum absolute atomic E-state index is 0.0718. The molecule has 1 unspecified atom stereocenters. The van der Waals surface area contributed by atoms with Gasteiger partial charge in [0.1, 0.15) is 6.04 Å². The lowest BCUT2D eigenvalue weighted by molar-refractivity contribution is -0.149. The number of rotatable bonds is 3. The summed E-state index contributed by atoms with van der Waals surface area (Å²) in [6.07, 6.45) is 2.01. The quantitative estimate of drug-likeness (QED) is 0.551. The third-order valence-corrected chi connectivity index (χ3v) is 6.40. The van der Waals surface area contributed by atoms with E-state index in [1.807, 2.05) is 18.2 Å². The van der Waals surface area contributed by atoms with Gasteiger partial charge in [0.15, 0.2) is 0 Å². The fourth-order valence-electron chi connectivity index (χ4n) is 4.53. The van der Waals surface area contributed by atoms with Gasteiger partial charge in [0.05, 0.1) is 24.1 Å². The zero-order chi connectivity index (χ0) is 21.6. The summed E-state index contributed by atoms with van der Waals surface area (Å²) in [5.41, 5.74) is 2.12. The van der Waals surface area contributed by atoms with Crippen LogP contribution < -0.4 is 10.6 Å². The molecule has 1 aromatic carbocycles. The zero-order valence-electron chi connectivity index (χ0n) is 17.5. The van der Waals surface area contributed by atoms with Crippen molar-refractivity contribution in [2.75, 3.05) is 32.1 Å². The van der Waals surface area contributed by atoms with Crippen LogP contribution in [0.25, 0.3) is 11.0 Å². The number of hydrogen-bond donors (Lipinski definition) is 0. The standard InChI is InChI=1S/C21H26N4O5/c1-22-17-12-14(24-10-8-13(9-11-24)20(28)30-3)4-5-15(17)25(21(22)29)16-6-7-18(26)23(2)19(16)27/h4-5,12-13,16H,6-11H2,1-3H3. The molecule has 3 heterocycles. The van der Waals surface area contributed by atoms with E-state index >= 15 is 0 Å². The fourth-order valence-corrected chi connectivity index (χ4v) is 4.53. The maximum Gasteiger partial charge on any atom is 0.329 e. The summed E-state index contributed by atoms with van der Waals surface area (Å²) in [5.74, 6) is -0.806. The smallest absolute Gasteiger partial charge is 0.329 e. The van der Waals surface area contributed by atoms with Crippen LogP contribution in [0, 0.1) is 5.92 Å². The Morgan fingerprint density at radius 2 is 1.73 bits per heavy atom. The molecule has 0 N–H and O–H groups in total. The van der Waals surface area contributed by atoms with Crippen LogP contribution in [-0.4, -0.2) is 59.1 Å². The van der Waals surface area contributed by atoms with Crippen molar-refractivity contribution in [3.8, 4) is 0 Å². The summed E-state index contributed by atoms with van der Waals surface area (Å²) in [5, 5.41) is 0. The second-order valence-corrected chi connectivity index (χ2v) is 8.01. The third kappa shape index (κ3) is 3.18. The maximum absolute atomic E-state index is 13.0. The van der Waals surface area contributed by atoms with Gasteiger partial charge in [-0.3, -0.25) is 28.4 Å². The average Bonchev–Trinajstić information content (AvgIpc) is 3.01. The third-order valence-electron chi connectivity index (χ3n) is 6.40.